The van der Waals surface area contributed by atoms with Crippen LogP contribution >= 0.6 is 43.5 Å². The standard InChI is InChI=1S/C9H10Br2ClNO/c10-6-1-2-8(11)9(3-6)13-5-7(14)4-12/h1-3,7,13-14H,4-5H2. The van der Waals surface area contributed by atoms with E-state index in [1.54, 1.807) is 0 Å². The molecule has 1 aromatic rings. The fourth-order valence-electron chi connectivity index (χ4n) is 0.915. The van der Waals surface area contributed by atoms with Gasteiger partial charge in [0.15, 0.2) is 0 Å². The van der Waals surface area contributed by atoms with Gasteiger partial charge in [-0.2, -0.15) is 0 Å². The Labute approximate surface area is 105 Å². The average molecular weight is 343 g/mol. The van der Waals surface area contributed by atoms with Crippen molar-refractivity contribution in [1.82, 2.24) is 0 Å². The van der Waals surface area contributed by atoms with Gasteiger partial charge in [-0.25, -0.2) is 0 Å². The summed E-state index contributed by atoms with van der Waals surface area (Å²) in [5, 5.41) is 12.4. The fourth-order valence-corrected chi connectivity index (χ4v) is 1.77. The molecule has 2 nitrogen and oxygen atoms in total. The van der Waals surface area contributed by atoms with E-state index in [9.17, 15) is 5.11 Å². The minimum atomic E-state index is -0.525. The lowest BCUT2D eigenvalue weighted by Gasteiger charge is -2.11. The Bertz CT molecular complexity index is 309. The Balaban J connectivity index is 2.62. The molecule has 14 heavy (non-hydrogen) atoms. The van der Waals surface area contributed by atoms with Crippen LogP contribution in [-0.2, 0) is 0 Å². The molecule has 0 fully saturated rings. The van der Waals surface area contributed by atoms with Gasteiger partial charge in [0.1, 0.15) is 0 Å². The van der Waals surface area contributed by atoms with Crippen molar-refractivity contribution in [2.24, 2.45) is 0 Å². The smallest absolute Gasteiger partial charge is 0.0847 e. The lowest BCUT2D eigenvalue weighted by atomic mass is 10.3. The molecule has 1 rings (SSSR count). The molecular weight excluding hydrogens is 333 g/mol. The monoisotopic (exact) mass is 341 g/mol. The van der Waals surface area contributed by atoms with Crippen LogP contribution < -0.4 is 5.32 Å². The number of anilines is 1. The molecule has 0 radical (unpaired) electrons. The van der Waals surface area contributed by atoms with E-state index >= 15 is 0 Å². The maximum atomic E-state index is 9.26. The van der Waals surface area contributed by atoms with Crippen LogP contribution in [0.5, 0.6) is 0 Å². The molecule has 0 bridgehead atoms. The molecule has 0 saturated heterocycles. The Morgan fingerprint density at radius 2 is 2.14 bits per heavy atom. The third-order valence-corrected chi connectivity index (χ3v) is 3.18. The van der Waals surface area contributed by atoms with Crippen LogP contribution in [0.4, 0.5) is 5.69 Å². The first-order valence-electron chi connectivity index (χ1n) is 4.06. The van der Waals surface area contributed by atoms with Crippen LogP contribution in [0, 0.1) is 0 Å². The zero-order valence-electron chi connectivity index (χ0n) is 7.30. The quantitative estimate of drug-likeness (QED) is 0.823. The first-order chi connectivity index (χ1) is 6.63. The van der Waals surface area contributed by atoms with Crippen LogP contribution in [-0.4, -0.2) is 23.6 Å². The van der Waals surface area contributed by atoms with E-state index in [1.807, 2.05) is 18.2 Å². The van der Waals surface area contributed by atoms with Gasteiger partial charge in [-0.15, -0.1) is 11.6 Å². The van der Waals surface area contributed by atoms with Gasteiger partial charge in [0.05, 0.1) is 12.0 Å². The second kappa shape index (κ2) is 5.95. The number of hydrogen-bond acceptors (Lipinski definition) is 2. The van der Waals surface area contributed by atoms with E-state index < -0.39 is 6.10 Å². The molecule has 0 amide bonds. The van der Waals surface area contributed by atoms with Gasteiger partial charge in [-0.05, 0) is 34.1 Å². The molecule has 0 aliphatic rings. The number of aliphatic hydroxyl groups is 1. The van der Waals surface area contributed by atoms with Crippen molar-refractivity contribution in [3.8, 4) is 0 Å². The normalized spacial score (nSPS) is 12.6. The SMILES string of the molecule is OC(CCl)CNc1cc(Br)ccc1Br. The number of benzene rings is 1. The number of hydrogen-bond donors (Lipinski definition) is 2. The maximum Gasteiger partial charge on any atom is 0.0847 e. The molecule has 78 valence electrons. The highest BCUT2D eigenvalue weighted by molar-refractivity contribution is 9.11. The Morgan fingerprint density at radius 1 is 1.43 bits per heavy atom. The number of halogens is 3. The van der Waals surface area contributed by atoms with Crippen molar-refractivity contribution >= 4 is 49.1 Å². The highest BCUT2D eigenvalue weighted by atomic mass is 79.9. The van der Waals surface area contributed by atoms with Crippen molar-refractivity contribution < 1.29 is 5.11 Å². The van der Waals surface area contributed by atoms with E-state index in [0.717, 1.165) is 14.6 Å². The van der Waals surface area contributed by atoms with Gasteiger partial charge in [0.25, 0.3) is 0 Å². The summed E-state index contributed by atoms with van der Waals surface area (Å²) in [7, 11) is 0. The molecule has 1 unspecified atom stereocenters. The Kier molecular flexibility index (Phi) is 5.23. The van der Waals surface area contributed by atoms with E-state index in [1.165, 1.54) is 0 Å². The summed E-state index contributed by atoms with van der Waals surface area (Å²) in [6.07, 6.45) is -0.525. The number of alkyl halides is 1. The third-order valence-electron chi connectivity index (χ3n) is 1.63. The number of aliphatic hydroxyl groups excluding tert-OH is 1. The maximum absolute atomic E-state index is 9.26. The highest BCUT2D eigenvalue weighted by Crippen LogP contribution is 2.25. The van der Waals surface area contributed by atoms with Crippen LogP contribution in [0.2, 0.25) is 0 Å². The second-order valence-electron chi connectivity index (χ2n) is 2.81. The lowest BCUT2D eigenvalue weighted by molar-refractivity contribution is 0.211. The van der Waals surface area contributed by atoms with Gasteiger partial charge in [-0.3, -0.25) is 0 Å². The summed E-state index contributed by atoms with van der Waals surface area (Å²) in [5.41, 5.74) is 0.934. The predicted molar refractivity (Wildman–Crippen MR) is 67.1 cm³/mol. The molecule has 0 aromatic heterocycles. The predicted octanol–water partition coefficient (Wildman–Crippen LogP) is 3.22. The van der Waals surface area contributed by atoms with Crippen LogP contribution in [0.3, 0.4) is 0 Å². The molecule has 0 aliphatic carbocycles. The topological polar surface area (TPSA) is 32.3 Å². The molecule has 0 spiro atoms. The molecule has 1 aromatic carbocycles. The summed E-state index contributed by atoms with van der Waals surface area (Å²) >= 11 is 12.3. The molecule has 0 heterocycles. The van der Waals surface area contributed by atoms with Crippen LogP contribution in [0.25, 0.3) is 0 Å². The van der Waals surface area contributed by atoms with Crippen molar-refractivity contribution in [3.63, 3.8) is 0 Å². The lowest BCUT2D eigenvalue weighted by Crippen LogP contribution is -2.20. The summed E-state index contributed by atoms with van der Waals surface area (Å²) < 4.78 is 1.95. The van der Waals surface area contributed by atoms with Crippen LogP contribution in [0.1, 0.15) is 0 Å². The van der Waals surface area contributed by atoms with Gasteiger partial charge in [0, 0.05) is 21.2 Å². The van der Waals surface area contributed by atoms with Gasteiger partial charge >= 0.3 is 0 Å². The summed E-state index contributed by atoms with van der Waals surface area (Å²) in [6.45, 7) is 0.443. The van der Waals surface area contributed by atoms with Crippen molar-refractivity contribution in [2.45, 2.75) is 6.10 Å². The van der Waals surface area contributed by atoms with E-state index in [4.69, 9.17) is 11.6 Å². The number of nitrogens with one attached hydrogen (secondary N) is 1. The number of rotatable bonds is 4. The molecule has 0 saturated carbocycles. The Hall–Kier alpha value is 0.230. The van der Waals surface area contributed by atoms with Crippen molar-refractivity contribution in [1.29, 1.82) is 0 Å². The largest absolute Gasteiger partial charge is 0.390 e. The van der Waals surface area contributed by atoms with Crippen LogP contribution in [0.15, 0.2) is 27.1 Å². The van der Waals surface area contributed by atoms with Gasteiger partial charge in [-0.1, -0.05) is 15.9 Å². The molecule has 1 atom stereocenters. The van der Waals surface area contributed by atoms with E-state index in [0.29, 0.717) is 6.54 Å². The van der Waals surface area contributed by atoms with E-state index in [2.05, 4.69) is 37.2 Å². The molecule has 0 aliphatic heterocycles. The first-order valence-corrected chi connectivity index (χ1v) is 6.18. The molecule has 2 N–H and O–H groups in total. The van der Waals surface area contributed by atoms with Crippen molar-refractivity contribution in [2.75, 3.05) is 17.7 Å². The summed E-state index contributed by atoms with van der Waals surface area (Å²) in [5.74, 6) is 0.235. The van der Waals surface area contributed by atoms with Gasteiger partial charge in [0.2, 0.25) is 0 Å². The highest BCUT2D eigenvalue weighted by Gasteiger charge is 2.04. The van der Waals surface area contributed by atoms with Gasteiger partial charge < -0.3 is 10.4 Å². The summed E-state index contributed by atoms with van der Waals surface area (Å²) in [6, 6.07) is 5.80. The minimum Gasteiger partial charge on any atom is -0.390 e. The molecule has 5 heteroatoms. The first kappa shape index (κ1) is 12.3. The van der Waals surface area contributed by atoms with Crippen molar-refractivity contribution in [3.05, 3.63) is 27.1 Å². The summed E-state index contributed by atoms with van der Waals surface area (Å²) in [4.78, 5) is 0. The zero-order chi connectivity index (χ0) is 10.6. The second-order valence-corrected chi connectivity index (χ2v) is 4.89. The third kappa shape index (κ3) is 3.77. The minimum absolute atomic E-state index is 0.235. The Morgan fingerprint density at radius 3 is 2.79 bits per heavy atom. The average Bonchev–Trinajstić information content (AvgIpc) is 2.19. The van der Waals surface area contributed by atoms with E-state index in [-0.39, 0.29) is 5.88 Å². The zero-order valence-corrected chi connectivity index (χ0v) is 11.2. The molecular formula is C9H10Br2ClNO. The fraction of sp³-hybridized carbons (Fsp3) is 0.333.